The van der Waals surface area contributed by atoms with Crippen LogP contribution in [0.15, 0.2) is 30.3 Å². The second-order valence-corrected chi connectivity index (χ2v) is 8.53. The number of hydrogen-bond acceptors (Lipinski definition) is 9. The van der Waals surface area contributed by atoms with E-state index in [0.29, 0.717) is 5.06 Å². The van der Waals surface area contributed by atoms with Gasteiger partial charge in [-0.05, 0) is 5.56 Å². The molecular formula is C20H22N3NaO8S. The fourth-order valence-electron chi connectivity index (χ4n) is 3.41. The smallest absolute Gasteiger partial charge is 0.544 e. The first-order chi connectivity index (χ1) is 15.2. The van der Waals surface area contributed by atoms with E-state index in [1.807, 2.05) is 0 Å². The van der Waals surface area contributed by atoms with Gasteiger partial charge < -0.3 is 25.3 Å². The van der Waals surface area contributed by atoms with Crippen molar-refractivity contribution < 1.29 is 68.2 Å². The summed E-state index contributed by atoms with van der Waals surface area (Å²) in [5, 5.41) is 16.6. The third kappa shape index (κ3) is 6.27. The van der Waals surface area contributed by atoms with E-state index >= 15 is 0 Å². The van der Waals surface area contributed by atoms with E-state index in [0.717, 1.165) is 17.3 Å². The monoisotopic (exact) mass is 487 g/mol. The van der Waals surface area contributed by atoms with Gasteiger partial charge in [0.1, 0.15) is 18.6 Å². The van der Waals surface area contributed by atoms with Crippen LogP contribution in [0.2, 0.25) is 0 Å². The Labute approximate surface area is 216 Å². The number of carboxylic acid groups (broad SMARTS) is 1. The number of cyclic esters (lactones) is 1. The van der Waals surface area contributed by atoms with Crippen molar-refractivity contribution >= 4 is 41.4 Å². The second kappa shape index (κ2) is 11.8. The molecule has 13 heteroatoms. The van der Waals surface area contributed by atoms with E-state index in [1.54, 1.807) is 30.3 Å². The third-order valence-corrected chi connectivity index (χ3v) is 6.19. The maximum atomic E-state index is 12.9. The van der Waals surface area contributed by atoms with Gasteiger partial charge in [-0.1, -0.05) is 30.3 Å². The van der Waals surface area contributed by atoms with E-state index in [9.17, 15) is 29.1 Å². The largest absolute Gasteiger partial charge is 1.00 e. The van der Waals surface area contributed by atoms with E-state index in [2.05, 4.69) is 10.6 Å². The zero-order chi connectivity index (χ0) is 23.3. The predicted molar refractivity (Wildman–Crippen MR) is 108 cm³/mol. The molecule has 2 N–H and O–H groups in total. The Morgan fingerprint density at radius 3 is 2.58 bits per heavy atom. The van der Waals surface area contributed by atoms with Crippen molar-refractivity contribution in [2.24, 2.45) is 0 Å². The minimum atomic E-state index is -2.48. The number of amides is 3. The summed E-state index contributed by atoms with van der Waals surface area (Å²) in [7, 11) is 0. The predicted octanol–water partition coefficient (Wildman–Crippen LogP) is -4.88. The molecule has 2 aliphatic rings. The Bertz CT molecular complexity index is 918. The summed E-state index contributed by atoms with van der Waals surface area (Å²) < 4.78 is 5.06. The van der Waals surface area contributed by atoms with Crippen LogP contribution in [-0.2, 0) is 40.0 Å². The van der Waals surface area contributed by atoms with Crippen molar-refractivity contribution in [2.75, 3.05) is 18.9 Å². The molecule has 2 aliphatic heterocycles. The van der Waals surface area contributed by atoms with Gasteiger partial charge in [0.2, 0.25) is 11.8 Å². The summed E-state index contributed by atoms with van der Waals surface area (Å²) in [6, 6.07) is 7.72. The van der Waals surface area contributed by atoms with Crippen LogP contribution in [0.25, 0.3) is 0 Å². The number of carbonyl (C=O) groups excluding carboxylic acids is 5. The molecule has 2 unspecified atom stereocenters. The fourth-order valence-corrected chi connectivity index (χ4v) is 4.64. The maximum absolute atomic E-state index is 12.9. The molecule has 33 heavy (non-hydrogen) atoms. The molecule has 1 aromatic rings. The molecule has 2 saturated heterocycles. The number of hydroxylamine groups is 2. The number of thioether (sulfide) groups is 1. The van der Waals surface area contributed by atoms with Crippen LogP contribution in [0.4, 0.5) is 0 Å². The van der Waals surface area contributed by atoms with Crippen molar-refractivity contribution in [3.05, 3.63) is 35.9 Å². The topological polar surface area (TPSA) is 154 Å². The number of ether oxygens (including phenoxy) is 1. The molecule has 0 bridgehead atoms. The fraction of sp³-hybridized carbons (Fsp3) is 0.450. The Balaban J connectivity index is 0.00000385. The van der Waals surface area contributed by atoms with E-state index < -0.39 is 40.8 Å². The molecule has 1 aromatic carbocycles. The van der Waals surface area contributed by atoms with Crippen molar-refractivity contribution in [1.82, 2.24) is 15.7 Å². The van der Waals surface area contributed by atoms with Gasteiger partial charge in [-0.25, -0.2) is 0 Å². The SMILES string of the molecule is CC(=O)NCCSC1CC(=O)OC1(C(=O)[O-])N1OC[C@H](NC(=O)Cc2ccccc2)C1=O.[Na+]. The molecule has 0 spiro atoms. The van der Waals surface area contributed by atoms with Crippen LogP contribution in [0.5, 0.6) is 0 Å². The minimum Gasteiger partial charge on any atom is -0.544 e. The van der Waals surface area contributed by atoms with Gasteiger partial charge in [0.05, 0.1) is 18.1 Å². The average Bonchev–Trinajstić information content (AvgIpc) is 3.26. The third-order valence-electron chi connectivity index (χ3n) is 4.86. The van der Waals surface area contributed by atoms with Crippen LogP contribution in [-0.4, -0.2) is 70.6 Å². The minimum absolute atomic E-state index is 0. The first kappa shape index (κ1) is 27.1. The van der Waals surface area contributed by atoms with Crippen molar-refractivity contribution in [2.45, 2.75) is 36.8 Å². The van der Waals surface area contributed by atoms with Crippen LogP contribution in [0.1, 0.15) is 18.9 Å². The van der Waals surface area contributed by atoms with E-state index in [1.165, 1.54) is 6.92 Å². The number of carbonyl (C=O) groups is 5. The number of rotatable bonds is 9. The van der Waals surface area contributed by atoms with Gasteiger partial charge in [-0.3, -0.25) is 24.0 Å². The molecule has 3 amide bonds. The number of carboxylic acids is 1. The normalized spacial score (nSPS) is 24.1. The first-order valence-electron chi connectivity index (χ1n) is 9.83. The first-order valence-corrected chi connectivity index (χ1v) is 10.9. The van der Waals surface area contributed by atoms with E-state index in [4.69, 9.17) is 9.57 Å². The van der Waals surface area contributed by atoms with Crippen LogP contribution in [0, 0.1) is 0 Å². The molecule has 2 fully saturated rings. The summed E-state index contributed by atoms with van der Waals surface area (Å²) in [4.78, 5) is 65.6. The quantitative estimate of drug-likeness (QED) is 0.198. The van der Waals surface area contributed by atoms with Gasteiger partial charge in [0, 0.05) is 19.2 Å². The number of hydrogen-bond donors (Lipinski definition) is 2. The zero-order valence-corrected chi connectivity index (χ0v) is 21.0. The Kier molecular flexibility index (Phi) is 9.73. The molecule has 0 radical (unpaired) electrons. The molecule has 0 saturated carbocycles. The average molecular weight is 487 g/mol. The summed E-state index contributed by atoms with van der Waals surface area (Å²) in [6.07, 6.45) is -0.274. The van der Waals surface area contributed by atoms with Gasteiger partial charge in [-0.15, -0.1) is 11.8 Å². The van der Waals surface area contributed by atoms with Gasteiger partial charge in [0.15, 0.2) is 0 Å². The molecule has 3 atom stereocenters. The van der Waals surface area contributed by atoms with Gasteiger partial charge in [-0.2, -0.15) is 5.06 Å². The summed E-state index contributed by atoms with van der Waals surface area (Å²) in [5.74, 6) is -3.97. The van der Waals surface area contributed by atoms with Gasteiger partial charge in [0.25, 0.3) is 11.6 Å². The molecule has 0 aliphatic carbocycles. The number of nitrogens with zero attached hydrogens (tertiary/aromatic N) is 1. The molecule has 172 valence electrons. The Morgan fingerprint density at radius 2 is 1.94 bits per heavy atom. The molecule has 3 rings (SSSR count). The number of nitrogens with one attached hydrogen (secondary N) is 2. The maximum Gasteiger partial charge on any atom is 1.00 e. The standard InChI is InChI=1S/C20H23N3O8S.Na/c1-12(24)21-7-8-32-15-10-17(26)31-20(15,19(28)29)23-18(27)14(11-30-23)22-16(25)9-13-5-3-2-4-6-13;/h2-6,14-15H,7-11H2,1H3,(H,21,24)(H,22,25)(H,28,29);/q;+1/p-1/t14-,15?,20?;/m0./s1. The summed E-state index contributed by atoms with van der Waals surface area (Å²) >= 11 is 1.03. The number of esters is 1. The van der Waals surface area contributed by atoms with Crippen molar-refractivity contribution in [1.29, 1.82) is 0 Å². The Hall–Kier alpha value is -2.12. The Morgan fingerprint density at radius 1 is 1.24 bits per heavy atom. The molecular weight excluding hydrogens is 465 g/mol. The molecule has 11 nitrogen and oxygen atoms in total. The van der Waals surface area contributed by atoms with Crippen LogP contribution in [0.3, 0.4) is 0 Å². The number of benzene rings is 1. The van der Waals surface area contributed by atoms with Crippen LogP contribution >= 0.6 is 11.8 Å². The van der Waals surface area contributed by atoms with Crippen molar-refractivity contribution in [3.8, 4) is 0 Å². The van der Waals surface area contributed by atoms with Crippen LogP contribution < -0.4 is 45.3 Å². The second-order valence-electron chi connectivity index (χ2n) is 7.22. The van der Waals surface area contributed by atoms with Crippen molar-refractivity contribution in [3.63, 3.8) is 0 Å². The van der Waals surface area contributed by atoms with Gasteiger partial charge >= 0.3 is 35.5 Å². The van der Waals surface area contributed by atoms with E-state index in [-0.39, 0.29) is 67.2 Å². The summed E-state index contributed by atoms with van der Waals surface area (Å²) in [5.41, 5.74) is -1.74. The number of aliphatic carboxylic acids is 1. The summed E-state index contributed by atoms with van der Waals surface area (Å²) in [6.45, 7) is 1.23. The zero-order valence-electron chi connectivity index (χ0n) is 18.2. The molecule has 2 heterocycles. The molecule has 0 aromatic heterocycles.